The molecule has 0 fully saturated rings. The van der Waals surface area contributed by atoms with E-state index in [2.05, 4.69) is 194 Å². The highest BCUT2D eigenvalue weighted by Crippen LogP contribution is 2.48. The molecule has 0 atom stereocenters. The maximum absolute atomic E-state index is 12.3. The van der Waals surface area contributed by atoms with Crippen LogP contribution in [0.3, 0.4) is 0 Å². The van der Waals surface area contributed by atoms with Gasteiger partial charge in [0.15, 0.2) is 5.71 Å². The maximum atomic E-state index is 12.3. The Labute approximate surface area is 506 Å². The molecular formula is C72H86B2N5O6+. The first-order chi connectivity index (χ1) is 41.0. The third-order valence-electron chi connectivity index (χ3n) is 17.0. The molecule has 0 saturated heterocycles. The van der Waals surface area contributed by atoms with Gasteiger partial charge in [-0.05, 0) is 139 Å². The number of carbonyl (C=O) groups excluding carboxylic acids is 1. The van der Waals surface area contributed by atoms with E-state index < -0.39 is 14.2 Å². The Morgan fingerprint density at radius 1 is 0.682 bits per heavy atom. The van der Waals surface area contributed by atoms with E-state index in [4.69, 9.17) is 4.74 Å². The first kappa shape index (κ1) is 62.2. The van der Waals surface area contributed by atoms with Crippen LogP contribution < -0.4 is 25.9 Å². The fourth-order valence-corrected chi connectivity index (χ4v) is 12.7. The minimum Gasteiger partial charge on any atom is -0.457 e. The van der Waals surface area contributed by atoms with Crippen molar-refractivity contribution in [3.8, 4) is 5.75 Å². The summed E-state index contributed by atoms with van der Waals surface area (Å²) in [5.41, 5.74) is 16.1. The van der Waals surface area contributed by atoms with Crippen LogP contribution in [0.2, 0.25) is 0 Å². The quantitative estimate of drug-likeness (QED) is 0.0156. The highest BCUT2D eigenvalue weighted by Gasteiger charge is 2.44. The minimum atomic E-state index is -1.62. The second kappa shape index (κ2) is 28.2. The van der Waals surface area contributed by atoms with Gasteiger partial charge in [0.2, 0.25) is 11.6 Å². The van der Waals surface area contributed by atoms with Gasteiger partial charge >= 0.3 is 14.2 Å². The zero-order valence-electron chi connectivity index (χ0n) is 51.0. The Kier molecular flexibility index (Phi) is 20.7. The standard InChI is InChI=1S/C72H85B2N5O6/c1-9-43-78-65-32-17-13-28-61(65)71(5,6)67(78)40-38-56-25-20-26-57(39-41-68-72(7,8)62-29-14-18-33-66(62)79(68)44-10-2)69(56)85-60-27-19-22-55(46-60)49-77(51-59-24-12-16-31-64(59)74(83)84)48-54-36-34-53(35-37-54)47-76(45-21-42-75-70(80)52(3)4)50-58-23-11-15-30-63(58)73(81)82/h11-19,22-24,27-41,46,81-84H,3,9-10,20-21,25-26,42-45,47-51H2,1-2,4-8H3/p+1. The minimum absolute atomic E-state index is 0.171. The molecule has 0 radical (unpaired) electrons. The van der Waals surface area contributed by atoms with Gasteiger partial charge in [0, 0.05) is 98.9 Å². The summed E-state index contributed by atoms with van der Waals surface area (Å²) in [5, 5.41) is 44.4. The van der Waals surface area contributed by atoms with Gasteiger partial charge in [0.1, 0.15) is 18.1 Å². The van der Waals surface area contributed by atoms with Crippen LogP contribution in [0.25, 0.3) is 0 Å². The van der Waals surface area contributed by atoms with Crippen LogP contribution in [0.5, 0.6) is 5.75 Å². The van der Waals surface area contributed by atoms with Gasteiger partial charge < -0.3 is 35.0 Å². The van der Waals surface area contributed by atoms with Gasteiger partial charge in [-0.1, -0.05) is 162 Å². The highest BCUT2D eigenvalue weighted by atomic mass is 16.5. The molecule has 440 valence electrons. The number of nitrogens with zero attached hydrogens (tertiary/aromatic N) is 4. The summed E-state index contributed by atoms with van der Waals surface area (Å²) in [6.07, 6.45) is 14.9. The number of allylic oxidation sites excluding steroid dienone is 7. The molecule has 2 heterocycles. The fraction of sp³-hybridized carbons (Fsp3) is 0.333. The predicted molar refractivity (Wildman–Crippen MR) is 348 cm³/mol. The number of rotatable bonds is 26. The van der Waals surface area contributed by atoms with Crippen LogP contribution in [0.1, 0.15) is 126 Å². The summed E-state index contributed by atoms with van der Waals surface area (Å²) in [6, 6.07) is 49.5. The van der Waals surface area contributed by atoms with E-state index in [9.17, 15) is 24.9 Å². The fourth-order valence-electron chi connectivity index (χ4n) is 12.7. The van der Waals surface area contributed by atoms with Crippen molar-refractivity contribution in [1.82, 2.24) is 15.1 Å². The summed E-state index contributed by atoms with van der Waals surface area (Å²) < 4.78 is 9.81. The van der Waals surface area contributed by atoms with E-state index in [1.807, 2.05) is 30.3 Å². The highest BCUT2D eigenvalue weighted by molar-refractivity contribution is 6.59. The number of hydrogen-bond acceptors (Lipinski definition) is 9. The van der Waals surface area contributed by atoms with Crippen molar-refractivity contribution in [2.75, 3.05) is 31.1 Å². The number of ether oxygens (including phenoxy) is 1. The van der Waals surface area contributed by atoms with Gasteiger partial charge in [0.25, 0.3) is 0 Å². The molecule has 1 amide bonds. The molecule has 85 heavy (non-hydrogen) atoms. The van der Waals surface area contributed by atoms with Crippen molar-refractivity contribution in [3.05, 3.63) is 244 Å². The summed E-state index contributed by atoms with van der Waals surface area (Å²) in [7, 11) is -3.22. The normalized spacial score (nSPS) is 16.3. The average molecular weight is 1140 g/mol. The lowest BCUT2D eigenvalue weighted by Crippen LogP contribution is -2.36. The van der Waals surface area contributed by atoms with Gasteiger partial charge in [-0.3, -0.25) is 14.6 Å². The van der Waals surface area contributed by atoms with Crippen molar-refractivity contribution in [2.45, 2.75) is 131 Å². The van der Waals surface area contributed by atoms with Crippen LogP contribution in [-0.2, 0) is 48.3 Å². The van der Waals surface area contributed by atoms with Crippen LogP contribution in [0.4, 0.5) is 11.4 Å². The predicted octanol–water partition coefficient (Wildman–Crippen LogP) is 11.2. The second-order valence-corrected chi connectivity index (χ2v) is 24.2. The number of carbonyl (C=O) groups is 1. The van der Waals surface area contributed by atoms with Crippen LogP contribution >= 0.6 is 0 Å². The number of nitrogens with one attached hydrogen (secondary N) is 1. The molecule has 0 bridgehead atoms. The number of fused-ring (bicyclic) bond motifs is 2. The van der Waals surface area contributed by atoms with E-state index in [0.717, 1.165) is 84.5 Å². The van der Waals surface area contributed by atoms with Crippen LogP contribution in [0, 0.1) is 0 Å². The third-order valence-corrected chi connectivity index (χ3v) is 17.0. The summed E-state index contributed by atoms with van der Waals surface area (Å²) in [5.74, 6) is 1.48. The van der Waals surface area contributed by atoms with Gasteiger partial charge in [-0.15, -0.1) is 0 Å². The number of para-hydroxylation sites is 2. The molecule has 9 rings (SSSR count). The summed E-state index contributed by atoms with van der Waals surface area (Å²) in [6.45, 7) is 25.0. The van der Waals surface area contributed by atoms with Gasteiger partial charge in [-0.25, -0.2) is 0 Å². The van der Waals surface area contributed by atoms with E-state index >= 15 is 0 Å². The van der Waals surface area contributed by atoms with E-state index in [1.54, 1.807) is 25.1 Å². The lowest BCUT2D eigenvalue weighted by Gasteiger charge is -2.27. The topological polar surface area (TPSA) is 132 Å². The Morgan fingerprint density at radius 2 is 1.29 bits per heavy atom. The molecule has 2 aliphatic heterocycles. The molecule has 0 saturated carbocycles. The zero-order chi connectivity index (χ0) is 60.3. The Balaban J connectivity index is 1.03. The average Bonchev–Trinajstić information content (AvgIpc) is 2.57. The lowest BCUT2D eigenvalue weighted by atomic mass is 9.77. The number of anilines is 1. The van der Waals surface area contributed by atoms with Crippen molar-refractivity contribution in [3.63, 3.8) is 0 Å². The van der Waals surface area contributed by atoms with E-state index in [0.29, 0.717) is 68.7 Å². The molecule has 11 nitrogen and oxygen atoms in total. The third kappa shape index (κ3) is 14.8. The Hall–Kier alpha value is -7.35. The summed E-state index contributed by atoms with van der Waals surface area (Å²) in [4.78, 5) is 19.4. The molecule has 3 aliphatic rings. The maximum Gasteiger partial charge on any atom is 0.488 e. The van der Waals surface area contributed by atoms with E-state index in [1.165, 1.54) is 45.1 Å². The lowest BCUT2D eigenvalue weighted by molar-refractivity contribution is -0.437. The molecular weight excluding hydrogens is 1050 g/mol. The Morgan fingerprint density at radius 3 is 1.95 bits per heavy atom. The molecule has 0 spiro atoms. The number of benzene rings is 6. The zero-order valence-corrected chi connectivity index (χ0v) is 51.0. The molecule has 6 aromatic rings. The molecule has 5 N–H and O–H groups in total. The molecule has 1 aliphatic carbocycles. The van der Waals surface area contributed by atoms with Gasteiger partial charge in [-0.2, -0.15) is 4.58 Å². The summed E-state index contributed by atoms with van der Waals surface area (Å²) >= 11 is 0. The monoisotopic (exact) mass is 1140 g/mol. The Bertz CT molecular complexity index is 3510. The molecule has 0 unspecified atom stereocenters. The first-order valence-corrected chi connectivity index (χ1v) is 30.5. The number of hydrogen-bond donors (Lipinski definition) is 5. The van der Waals surface area contributed by atoms with Crippen LogP contribution in [-0.4, -0.2) is 86.5 Å². The van der Waals surface area contributed by atoms with Crippen molar-refractivity contribution >= 4 is 48.2 Å². The smallest absolute Gasteiger partial charge is 0.457 e. The van der Waals surface area contributed by atoms with Crippen LogP contribution in [0.15, 0.2) is 205 Å². The van der Waals surface area contributed by atoms with Crippen molar-refractivity contribution < 1.29 is 34.2 Å². The molecule has 13 heteroatoms. The molecule has 6 aromatic carbocycles. The first-order valence-electron chi connectivity index (χ1n) is 30.5. The second-order valence-electron chi connectivity index (χ2n) is 24.2. The van der Waals surface area contributed by atoms with Crippen molar-refractivity contribution in [1.29, 1.82) is 0 Å². The number of amides is 1. The molecule has 0 aromatic heterocycles. The largest absolute Gasteiger partial charge is 0.488 e. The van der Waals surface area contributed by atoms with E-state index in [-0.39, 0.29) is 16.7 Å². The SMILES string of the molecule is C=C(C)C(=O)NCCCN(Cc1ccc(CN(Cc2cccc(OC3=C(/C=C/C4=[N+](CCC)c5ccccc5C4(C)C)CCC/C3=C\C=C3\N(CCC)c4ccccc4C3(C)C)c2)Cc2ccccc2B(O)O)cc1)Cc1ccccc1B(O)O. The van der Waals surface area contributed by atoms with Gasteiger partial charge in [0.05, 0.1) is 5.41 Å². The van der Waals surface area contributed by atoms with Crippen molar-refractivity contribution in [2.24, 2.45) is 0 Å².